The van der Waals surface area contributed by atoms with E-state index in [9.17, 15) is 0 Å². The fourth-order valence-electron chi connectivity index (χ4n) is 1.58. The van der Waals surface area contributed by atoms with Crippen LogP contribution < -0.4 is 0 Å². The molecule has 3 nitrogen and oxygen atoms in total. The number of rotatable bonds is 4. The first kappa shape index (κ1) is 12.1. The van der Waals surface area contributed by atoms with Crippen molar-refractivity contribution in [3.63, 3.8) is 0 Å². The quantitative estimate of drug-likeness (QED) is 0.831. The van der Waals surface area contributed by atoms with Gasteiger partial charge in [-0.25, -0.2) is 0 Å². The van der Waals surface area contributed by atoms with E-state index >= 15 is 0 Å². The summed E-state index contributed by atoms with van der Waals surface area (Å²) in [5.41, 5.74) is 2.27. The number of aromatic nitrogens is 2. The Morgan fingerprint density at radius 1 is 1.18 bits per heavy atom. The molecule has 1 aromatic heterocycles. The molecule has 90 valence electrons. The first-order valence-electron chi connectivity index (χ1n) is 5.58. The smallest absolute Gasteiger partial charge is 0.0568 e. The highest BCUT2D eigenvalue weighted by Crippen LogP contribution is 2.20. The molecule has 0 aliphatic carbocycles. The summed E-state index contributed by atoms with van der Waals surface area (Å²) in [6.45, 7) is 1.89. The molecule has 0 saturated heterocycles. The molecule has 0 aliphatic rings. The number of hydrogen-bond donors (Lipinski definition) is 0. The Bertz CT molecular complexity index is 474. The lowest BCUT2D eigenvalue weighted by Crippen LogP contribution is -2.18. The second kappa shape index (κ2) is 5.34. The van der Waals surface area contributed by atoms with E-state index in [0.29, 0.717) is 0 Å². The van der Waals surface area contributed by atoms with E-state index in [2.05, 4.69) is 30.3 Å². The van der Waals surface area contributed by atoms with E-state index in [1.165, 1.54) is 0 Å². The fraction of sp³-hybridized carbons (Fsp3) is 0.308. The second-order valence-corrected chi connectivity index (χ2v) is 4.74. The summed E-state index contributed by atoms with van der Waals surface area (Å²) in [5, 5.41) is 5.10. The Kier molecular flexibility index (Phi) is 3.82. The van der Waals surface area contributed by atoms with Crippen molar-refractivity contribution in [1.29, 1.82) is 0 Å². The van der Waals surface area contributed by atoms with Crippen molar-refractivity contribution >= 4 is 11.6 Å². The van der Waals surface area contributed by atoms with Crippen LogP contribution in [0, 0.1) is 0 Å². The van der Waals surface area contributed by atoms with Crippen molar-refractivity contribution in [2.24, 2.45) is 0 Å². The van der Waals surface area contributed by atoms with Crippen LogP contribution in [0.3, 0.4) is 0 Å². The summed E-state index contributed by atoms with van der Waals surface area (Å²) in [6, 6.07) is 7.81. The third-order valence-corrected chi connectivity index (χ3v) is 2.84. The summed E-state index contributed by atoms with van der Waals surface area (Å²) in [7, 11) is 4.12. The van der Waals surface area contributed by atoms with Crippen molar-refractivity contribution in [2.45, 2.75) is 6.54 Å². The molecular weight excluding hydrogens is 234 g/mol. The molecule has 1 aromatic carbocycles. The number of hydrogen-bond acceptors (Lipinski definition) is 2. The Balaban J connectivity index is 2.10. The Morgan fingerprint density at radius 2 is 1.88 bits per heavy atom. The van der Waals surface area contributed by atoms with Crippen molar-refractivity contribution < 1.29 is 0 Å². The maximum absolute atomic E-state index is 5.86. The molecule has 0 N–H and O–H groups in total. The third-order valence-electron chi connectivity index (χ3n) is 2.59. The zero-order chi connectivity index (χ0) is 12.3. The Labute approximate surface area is 107 Å². The van der Waals surface area contributed by atoms with Crippen LogP contribution in [0.1, 0.15) is 0 Å². The first-order chi connectivity index (χ1) is 8.15. The zero-order valence-electron chi connectivity index (χ0n) is 10.1. The molecule has 0 unspecified atom stereocenters. The van der Waals surface area contributed by atoms with Gasteiger partial charge in [-0.3, -0.25) is 4.68 Å². The highest BCUT2D eigenvalue weighted by molar-refractivity contribution is 6.30. The minimum Gasteiger partial charge on any atom is -0.308 e. The van der Waals surface area contributed by atoms with Gasteiger partial charge in [0.25, 0.3) is 0 Å². The van der Waals surface area contributed by atoms with E-state index in [-0.39, 0.29) is 0 Å². The summed E-state index contributed by atoms with van der Waals surface area (Å²) in [6.07, 6.45) is 3.95. The highest BCUT2D eigenvalue weighted by atomic mass is 35.5. The van der Waals surface area contributed by atoms with Crippen LogP contribution in [0.4, 0.5) is 0 Å². The summed E-state index contributed by atoms with van der Waals surface area (Å²) in [5.74, 6) is 0. The van der Waals surface area contributed by atoms with Gasteiger partial charge in [-0.1, -0.05) is 23.7 Å². The molecule has 2 aromatic rings. The largest absolute Gasteiger partial charge is 0.308 e. The van der Waals surface area contributed by atoms with E-state index < -0.39 is 0 Å². The lowest BCUT2D eigenvalue weighted by molar-refractivity contribution is 0.373. The molecule has 0 atom stereocenters. The van der Waals surface area contributed by atoms with Crippen LogP contribution in [0.15, 0.2) is 36.7 Å². The van der Waals surface area contributed by atoms with Gasteiger partial charge in [-0.15, -0.1) is 0 Å². The molecule has 0 spiro atoms. The minimum atomic E-state index is 0.758. The van der Waals surface area contributed by atoms with Crippen molar-refractivity contribution in [3.8, 4) is 11.1 Å². The van der Waals surface area contributed by atoms with E-state index in [1.54, 1.807) is 0 Å². The maximum atomic E-state index is 5.86. The highest BCUT2D eigenvalue weighted by Gasteiger charge is 2.02. The molecule has 1 heterocycles. The number of likely N-dealkylation sites (N-methyl/N-ethyl adjacent to an activating group) is 1. The van der Waals surface area contributed by atoms with E-state index in [1.807, 2.05) is 35.1 Å². The number of nitrogens with zero attached hydrogens (tertiary/aromatic N) is 3. The molecule has 0 aliphatic heterocycles. The second-order valence-electron chi connectivity index (χ2n) is 4.30. The average Bonchev–Trinajstić information content (AvgIpc) is 2.76. The van der Waals surface area contributed by atoms with Gasteiger partial charge in [0, 0.05) is 23.3 Å². The Hall–Kier alpha value is -1.32. The first-order valence-corrected chi connectivity index (χ1v) is 5.96. The normalized spacial score (nSPS) is 11.1. The van der Waals surface area contributed by atoms with Crippen LogP contribution in [-0.4, -0.2) is 35.3 Å². The van der Waals surface area contributed by atoms with Crippen molar-refractivity contribution in [3.05, 3.63) is 41.7 Å². The predicted octanol–water partition coefficient (Wildman–Crippen LogP) is 2.77. The lowest BCUT2D eigenvalue weighted by atomic mass is 10.1. The molecule has 0 fully saturated rings. The van der Waals surface area contributed by atoms with Crippen LogP contribution in [0.25, 0.3) is 11.1 Å². The molecule has 0 radical (unpaired) electrons. The van der Waals surface area contributed by atoms with Gasteiger partial charge >= 0.3 is 0 Å². The minimum absolute atomic E-state index is 0.758. The van der Waals surface area contributed by atoms with E-state index in [4.69, 9.17) is 11.6 Å². The van der Waals surface area contributed by atoms with Gasteiger partial charge in [0.15, 0.2) is 0 Å². The maximum Gasteiger partial charge on any atom is 0.0568 e. The standard InChI is InChI=1S/C13H16ClN3/c1-16(2)7-8-17-10-12(9-15-17)11-3-5-13(14)6-4-11/h3-6,9-10H,7-8H2,1-2H3. The van der Waals surface area contributed by atoms with Gasteiger partial charge < -0.3 is 4.90 Å². The molecule has 2 rings (SSSR count). The molecular formula is C13H16ClN3. The fourth-order valence-corrected chi connectivity index (χ4v) is 1.71. The van der Waals surface area contributed by atoms with Gasteiger partial charge in [-0.05, 0) is 31.8 Å². The number of halogens is 1. The van der Waals surface area contributed by atoms with Crippen LogP contribution in [0.2, 0.25) is 5.02 Å². The van der Waals surface area contributed by atoms with Crippen molar-refractivity contribution in [2.75, 3.05) is 20.6 Å². The SMILES string of the molecule is CN(C)CCn1cc(-c2ccc(Cl)cc2)cn1. The molecule has 0 amide bonds. The topological polar surface area (TPSA) is 21.1 Å². The van der Waals surface area contributed by atoms with Gasteiger partial charge in [0.2, 0.25) is 0 Å². The summed E-state index contributed by atoms with van der Waals surface area (Å²) in [4.78, 5) is 2.14. The molecule has 0 bridgehead atoms. The Morgan fingerprint density at radius 3 is 2.53 bits per heavy atom. The zero-order valence-corrected chi connectivity index (χ0v) is 10.9. The third kappa shape index (κ3) is 3.32. The number of benzene rings is 1. The molecule has 4 heteroatoms. The van der Waals surface area contributed by atoms with Crippen LogP contribution in [-0.2, 0) is 6.54 Å². The van der Waals surface area contributed by atoms with Gasteiger partial charge in [-0.2, -0.15) is 5.10 Å². The lowest BCUT2D eigenvalue weighted by Gasteiger charge is -2.08. The van der Waals surface area contributed by atoms with Gasteiger partial charge in [0.1, 0.15) is 0 Å². The predicted molar refractivity (Wildman–Crippen MR) is 71.2 cm³/mol. The van der Waals surface area contributed by atoms with E-state index in [0.717, 1.165) is 29.2 Å². The van der Waals surface area contributed by atoms with Crippen LogP contribution >= 0.6 is 11.6 Å². The summed E-state index contributed by atoms with van der Waals surface area (Å²) < 4.78 is 1.96. The molecule has 0 saturated carbocycles. The monoisotopic (exact) mass is 249 g/mol. The van der Waals surface area contributed by atoms with Gasteiger partial charge in [0.05, 0.1) is 12.7 Å². The molecule has 17 heavy (non-hydrogen) atoms. The summed E-state index contributed by atoms with van der Waals surface area (Å²) >= 11 is 5.86. The van der Waals surface area contributed by atoms with Crippen LogP contribution in [0.5, 0.6) is 0 Å². The van der Waals surface area contributed by atoms with Crippen molar-refractivity contribution in [1.82, 2.24) is 14.7 Å². The average molecular weight is 250 g/mol.